The number of hydrogen-bond donors (Lipinski definition) is 2. The van der Waals surface area contributed by atoms with Crippen LogP contribution in [0.2, 0.25) is 5.02 Å². The zero-order chi connectivity index (χ0) is 18.3. The van der Waals surface area contributed by atoms with Crippen LogP contribution in [0.1, 0.15) is 17.7 Å². The summed E-state index contributed by atoms with van der Waals surface area (Å²) in [6.45, 7) is 0. The Morgan fingerprint density at radius 2 is 1.96 bits per heavy atom. The number of aromatic amines is 1. The molecule has 3 aromatic rings. The normalized spacial score (nSPS) is 17.2. The number of nitrogens with one attached hydrogen (secondary N) is 2. The van der Waals surface area contributed by atoms with Crippen LogP contribution in [-0.2, 0) is 22.9 Å². The van der Waals surface area contributed by atoms with Crippen LogP contribution in [0.25, 0.3) is 10.9 Å². The Morgan fingerprint density at radius 1 is 1.19 bits per heavy atom. The van der Waals surface area contributed by atoms with E-state index in [1.54, 1.807) is 31.4 Å². The molecular formula is C19H19ClN2O3S. The number of halogens is 1. The van der Waals surface area contributed by atoms with E-state index >= 15 is 0 Å². The lowest BCUT2D eigenvalue weighted by atomic mass is 9.92. The van der Waals surface area contributed by atoms with Crippen molar-refractivity contribution in [2.24, 2.45) is 0 Å². The van der Waals surface area contributed by atoms with Crippen LogP contribution in [-0.4, -0.2) is 26.6 Å². The van der Waals surface area contributed by atoms with E-state index < -0.39 is 10.0 Å². The van der Waals surface area contributed by atoms with Crippen molar-refractivity contribution in [2.45, 2.75) is 30.2 Å². The van der Waals surface area contributed by atoms with Gasteiger partial charge >= 0.3 is 0 Å². The minimum absolute atomic E-state index is 0.146. The van der Waals surface area contributed by atoms with Crippen molar-refractivity contribution in [1.82, 2.24) is 9.71 Å². The van der Waals surface area contributed by atoms with E-state index in [1.165, 1.54) is 5.69 Å². The lowest BCUT2D eigenvalue weighted by molar-refractivity contribution is 0.414. The Morgan fingerprint density at radius 3 is 2.69 bits per heavy atom. The van der Waals surface area contributed by atoms with Crippen molar-refractivity contribution in [3.63, 3.8) is 0 Å². The number of H-pyrrole nitrogens is 1. The fourth-order valence-corrected chi connectivity index (χ4v) is 4.97. The van der Waals surface area contributed by atoms with E-state index in [0.29, 0.717) is 17.2 Å². The average molecular weight is 391 g/mol. The van der Waals surface area contributed by atoms with Gasteiger partial charge in [-0.2, -0.15) is 0 Å². The number of fused-ring (bicyclic) bond motifs is 3. The second-order valence-corrected chi connectivity index (χ2v) is 8.66. The highest BCUT2D eigenvalue weighted by Crippen LogP contribution is 2.31. The second-order valence-electron chi connectivity index (χ2n) is 6.51. The molecule has 0 fully saturated rings. The highest BCUT2D eigenvalue weighted by Gasteiger charge is 2.26. The number of methoxy groups -OCH3 is 1. The van der Waals surface area contributed by atoms with Crippen molar-refractivity contribution in [2.75, 3.05) is 7.11 Å². The van der Waals surface area contributed by atoms with Crippen LogP contribution in [0.4, 0.5) is 0 Å². The molecule has 0 aliphatic heterocycles. The highest BCUT2D eigenvalue weighted by molar-refractivity contribution is 7.89. The number of ether oxygens (including phenoxy) is 1. The summed E-state index contributed by atoms with van der Waals surface area (Å²) in [7, 11) is -2.02. The summed E-state index contributed by atoms with van der Waals surface area (Å²) in [5, 5.41) is 1.75. The Kier molecular flexibility index (Phi) is 4.42. The molecule has 0 bridgehead atoms. The summed E-state index contributed by atoms with van der Waals surface area (Å²) < 4.78 is 33.3. The lowest BCUT2D eigenvalue weighted by Crippen LogP contribution is -2.38. The van der Waals surface area contributed by atoms with Gasteiger partial charge < -0.3 is 9.72 Å². The maximum Gasteiger partial charge on any atom is 0.240 e. The zero-order valence-corrected chi connectivity index (χ0v) is 15.8. The molecule has 1 unspecified atom stereocenters. The van der Waals surface area contributed by atoms with E-state index in [0.717, 1.165) is 29.3 Å². The summed E-state index contributed by atoms with van der Waals surface area (Å²) in [6.07, 6.45) is 2.20. The molecule has 26 heavy (non-hydrogen) atoms. The summed E-state index contributed by atoms with van der Waals surface area (Å²) in [6, 6.07) is 12.0. The maximum atomic E-state index is 12.7. The SMILES string of the molecule is COc1ccc(S(=O)(=O)NC2CCc3[nH]c4ccc(Cl)cc4c3C2)cc1. The van der Waals surface area contributed by atoms with Crippen molar-refractivity contribution in [3.8, 4) is 5.75 Å². The van der Waals surface area contributed by atoms with Crippen LogP contribution < -0.4 is 9.46 Å². The monoisotopic (exact) mass is 390 g/mol. The number of benzene rings is 2. The van der Waals surface area contributed by atoms with Gasteiger partial charge in [-0.25, -0.2) is 13.1 Å². The first kappa shape index (κ1) is 17.4. The molecule has 2 aromatic carbocycles. The topological polar surface area (TPSA) is 71.2 Å². The molecule has 1 aliphatic rings. The van der Waals surface area contributed by atoms with Crippen LogP contribution in [0, 0.1) is 0 Å². The van der Waals surface area contributed by atoms with Gasteiger partial charge in [-0.1, -0.05) is 11.6 Å². The highest BCUT2D eigenvalue weighted by atomic mass is 35.5. The molecule has 4 rings (SSSR count). The molecule has 2 N–H and O–H groups in total. The number of rotatable bonds is 4. The first-order valence-electron chi connectivity index (χ1n) is 8.41. The third kappa shape index (κ3) is 3.20. The van der Waals surface area contributed by atoms with Crippen molar-refractivity contribution >= 4 is 32.5 Å². The van der Waals surface area contributed by atoms with Gasteiger partial charge in [0.1, 0.15) is 5.75 Å². The number of aromatic nitrogens is 1. The van der Waals surface area contributed by atoms with Crippen molar-refractivity contribution in [1.29, 1.82) is 0 Å². The fraction of sp³-hybridized carbons (Fsp3) is 0.263. The van der Waals surface area contributed by atoms with Gasteiger partial charge in [0, 0.05) is 27.7 Å². The minimum Gasteiger partial charge on any atom is -0.497 e. The zero-order valence-electron chi connectivity index (χ0n) is 14.3. The number of sulfonamides is 1. The molecule has 0 spiro atoms. The summed E-state index contributed by atoms with van der Waals surface area (Å²) in [4.78, 5) is 3.66. The minimum atomic E-state index is -3.57. The van der Waals surface area contributed by atoms with Crippen LogP contribution >= 0.6 is 11.6 Å². The molecule has 136 valence electrons. The standard InChI is InChI=1S/C19H19ClN2O3S/c1-25-14-4-6-15(7-5-14)26(23,24)22-13-3-9-19-17(11-13)16-10-12(20)2-8-18(16)21-19/h2,4-8,10,13,21-22H,3,9,11H2,1H3. The fourth-order valence-electron chi connectivity index (χ4n) is 3.53. The van der Waals surface area contributed by atoms with E-state index in [9.17, 15) is 8.42 Å². The molecule has 1 atom stereocenters. The summed E-state index contributed by atoms with van der Waals surface area (Å²) in [5.74, 6) is 0.627. The van der Waals surface area contributed by atoms with Crippen molar-refractivity contribution < 1.29 is 13.2 Å². The van der Waals surface area contributed by atoms with Crippen molar-refractivity contribution in [3.05, 3.63) is 58.7 Å². The molecular weight excluding hydrogens is 372 g/mol. The number of aryl methyl sites for hydroxylation is 1. The average Bonchev–Trinajstić information content (AvgIpc) is 2.99. The molecule has 5 nitrogen and oxygen atoms in total. The van der Waals surface area contributed by atoms with E-state index in [1.807, 2.05) is 18.2 Å². The predicted octanol–water partition coefficient (Wildman–Crippen LogP) is 3.67. The Balaban J connectivity index is 1.58. The Bertz CT molecular complexity index is 1060. The van der Waals surface area contributed by atoms with E-state index in [-0.39, 0.29) is 10.9 Å². The smallest absolute Gasteiger partial charge is 0.240 e. The molecule has 1 heterocycles. The number of hydrogen-bond acceptors (Lipinski definition) is 3. The van der Waals surface area contributed by atoms with E-state index in [2.05, 4.69) is 9.71 Å². The van der Waals surface area contributed by atoms with Crippen LogP contribution in [0.3, 0.4) is 0 Å². The predicted molar refractivity (Wildman–Crippen MR) is 102 cm³/mol. The second kappa shape index (κ2) is 6.61. The molecule has 0 saturated heterocycles. The third-order valence-corrected chi connectivity index (χ3v) is 6.61. The van der Waals surface area contributed by atoms with Crippen LogP contribution in [0.5, 0.6) is 5.75 Å². The van der Waals surface area contributed by atoms with Gasteiger partial charge in [-0.3, -0.25) is 0 Å². The molecule has 0 radical (unpaired) electrons. The molecule has 7 heteroatoms. The first-order valence-corrected chi connectivity index (χ1v) is 10.3. The maximum absolute atomic E-state index is 12.7. The third-order valence-electron chi connectivity index (χ3n) is 4.84. The summed E-state index contributed by atoms with van der Waals surface area (Å²) in [5.41, 5.74) is 3.36. The molecule has 1 aliphatic carbocycles. The van der Waals surface area contributed by atoms with Gasteiger partial charge in [0.15, 0.2) is 0 Å². The Labute approximate surface area is 157 Å². The quantitative estimate of drug-likeness (QED) is 0.714. The largest absolute Gasteiger partial charge is 0.497 e. The molecule has 0 amide bonds. The van der Waals surface area contributed by atoms with Gasteiger partial charge in [-0.05, 0) is 67.3 Å². The molecule has 1 aromatic heterocycles. The van der Waals surface area contributed by atoms with Gasteiger partial charge in [0.2, 0.25) is 10.0 Å². The molecule has 0 saturated carbocycles. The first-order chi connectivity index (χ1) is 12.5. The van der Waals surface area contributed by atoms with Gasteiger partial charge in [-0.15, -0.1) is 0 Å². The van der Waals surface area contributed by atoms with Gasteiger partial charge in [0.25, 0.3) is 0 Å². The van der Waals surface area contributed by atoms with Gasteiger partial charge in [0.05, 0.1) is 12.0 Å². The lowest BCUT2D eigenvalue weighted by Gasteiger charge is -2.23. The summed E-state index contributed by atoms with van der Waals surface area (Å²) >= 11 is 6.13. The van der Waals surface area contributed by atoms with E-state index in [4.69, 9.17) is 16.3 Å². The van der Waals surface area contributed by atoms with Crippen LogP contribution in [0.15, 0.2) is 47.4 Å². The Hall–Kier alpha value is -2.02.